The van der Waals surface area contributed by atoms with Gasteiger partial charge in [0, 0.05) is 18.1 Å². The zero-order valence-corrected chi connectivity index (χ0v) is 13.1. The van der Waals surface area contributed by atoms with Gasteiger partial charge in [0.05, 0.1) is 5.75 Å². The summed E-state index contributed by atoms with van der Waals surface area (Å²) < 4.78 is 26.3. The third-order valence-electron chi connectivity index (χ3n) is 2.62. The molecule has 1 aromatic carbocycles. The highest BCUT2D eigenvalue weighted by Crippen LogP contribution is 2.13. The maximum atomic E-state index is 12.0. The van der Waals surface area contributed by atoms with Crippen molar-refractivity contribution in [3.05, 3.63) is 34.3 Å². The van der Waals surface area contributed by atoms with Gasteiger partial charge in [-0.3, -0.25) is 0 Å². The number of halogens is 1. The monoisotopic (exact) mass is 334 g/mol. The molecule has 1 rings (SSSR count). The molecule has 0 spiro atoms. The summed E-state index contributed by atoms with van der Waals surface area (Å²) >= 11 is 3.35. The molecule has 102 valence electrons. The van der Waals surface area contributed by atoms with E-state index in [0.29, 0.717) is 19.5 Å². The van der Waals surface area contributed by atoms with Crippen molar-refractivity contribution in [3.8, 4) is 0 Å². The minimum atomic E-state index is -3.16. The first kappa shape index (κ1) is 15.6. The number of sulfonamides is 1. The summed E-state index contributed by atoms with van der Waals surface area (Å²) in [5.41, 5.74) is 0.984. The van der Waals surface area contributed by atoms with Gasteiger partial charge in [0.15, 0.2) is 0 Å². The van der Waals surface area contributed by atoms with E-state index in [1.54, 1.807) is 7.05 Å². The number of hydrogen-bond donors (Lipinski definition) is 1. The summed E-state index contributed by atoms with van der Waals surface area (Å²) in [6, 6.07) is 7.67. The van der Waals surface area contributed by atoms with Gasteiger partial charge in [-0.05, 0) is 37.7 Å². The van der Waals surface area contributed by atoms with Crippen LogP contribution in [0.25, 0.3) is 0 Å². The van der Waals surface area contributed by atoms with Crippen LogP contribution < -0.4 is 5.32 Å². The van der Waals surface area contributed by atoms with Crippen molar-refractivity contribution in [2.45, 2.75) is 13.0 Å². The van der Waals surface area contributed by atoms with Gasteiger partial charge in [-0.15, -0.1) is 0 Å². The predicted octanol–water partition coefficient (Wildman–Crippen LogP) is 1.82. The van der Waals surface area contributed by atoms with Crippen LogP contribution in [-0.2, 0) is 16.6 Å². The fraction of sp³-hybridized carbons (Fsp3) is 0.500. The van der Waals surface area contributed by atoms with E-state index >= 15 is 0 Å². The minimum Gasteiger partial charge on any atom is -0.320 e. The van der Waals surface area contributed by atoms with E-state index < -0.39 is 10.0 Å². The molecule has 0 aliphatic heterocycles. The van der Waals surface area contributed by atoms with Gasteiger partial charge < -0.3 is 5.32 Å². The van der Waals surface area contributed by atoms with Gasteiger partial charge in [0.2, 0.25) is 10.0 Å². The van der Waals surface area contributed by atoms with Gasteiger partial charge in [-0.25, -0.2) is 12.7 Å². The molecule has 1 N–H and O–H groups in total. The molecule has 0 saturated carbocycles. The van der Waals surface area contributed by atoms with Crippen LogP contribution in [0.3, 0.4) is 0 Å². The summed E-state index contributed by atoms with van der Waals surface area (Å²) in [6.45, 7) is 1.13. The van der Waals surface area contributed by atoms with Crippen molar-refractivity contribution in [1.29, 1.82) is 0 Å². The maximum Gasteiger partial charge on any atom is 0.214 e. The van der Waals surface area contributed by atoms with E-state index in [2.05, 4.69) is 21.2 Å². The lowest BCUT2D eigenvalue weighted by Crippen LogP contribution is -2.29. The third kappa shape index (κ3) is 5.06. The SMILES string of the molecule is CNCCCS(=O)(=O)N(C)Cc1ccc(Br)cc1. The summed E-state index contributed by atoms with van der Waals surface area (Å²) in [4.78, 5) is 0. The third-order valence-corrected chi connectivity index (χ3v) is 5.03. The molecular weight excluding hydrogens is 316 g/mol. The van der Waals surface area contributed by atoms with Crippen LogP contribution in [0.1, 0.15) is 12.0 Å². The second-order valence-electron chi connectivity index (χ2n) is 4.16. The molecule has 1 aromatic rings. The molecule has 4 nitrogen and oxygen atoms in total. The molecule has 0 heterocycles. The van der Waals surface area contributed by atoms with Crippen LogP contribution in [0.4, 0.5) is 0 Å². The van der Waals surface area contributed by atoms with E-state index in [4.69, 9.17) is 0 Å². The number of benzene rings is 1. The summed E-state index contributed by atoms with van der Waals surface area (Å²) in [7, 11) is 0.280. The summed E-state index contributed by atoms with van der Waals surface area (Å²) in [6.07, 6.45) is 0.628. The molecule has 0 amide bonds. The molecule has 0 unspecified atom stereocenters. The molecule has 0 fully saturated rings. The van der Waals surface area contributed by atoms with Gasteiger partial charge >= 0.3 is 0 Å². The number of nitrogens with one attached hydrogen (secondary N) is 1. The Hall–Kier alpha value is -0.430. The predicted molar refractivity (Wildman–Crippen MR) is 77.9 cm³/mol. The lowest BCUT2D eigenvalue weighted by Gasteiger charge is -2.17. The maximum absolute atomic E-state index is 12.0. The standard InChI is InChI=1S/C12H19BrN2O2S/c1-14-8-3-9-18(16,17)15(2)10-11-4-6-12(13)7-5-11/h4-7,14H,3,8-10H2,1-2H3. The highest BCUT2D eigenvalue weighted by Gasteiger charge is 2.17. The molecule has 0 aliphatic carbocycles. The second-order valence-corrected chi connectivity index (χ2v) is 7.27. The minimum absolute atomic E-state index is 0.181. The normalized spacial score (nSPS) is 12.0. The summed E-state index contributed by atoms with van der Waals surface area (Å²) in [5, 5.41) is 2.95. The molecule has 6 heteroatoms. The van der Waals surface area contributed by atoms with Crippen molar-refractivity contribution >= 4 is 26.0 Å². The first-order chi connectivity index (χ1) is 8.45. The first-order valence-corrected chi connectivity index (χ1v) is 8.19. The molecule has 18 heavy (non-hydrogen) atoms. The van der Waals surface area contributed by atoms with E-state index in [9.17, 15) is 8.42 Å². The fourth-order valence-corrected chi connectivity index (χ4v) is 2.96. The Kier molecular flexibility index (Phi) is 6.28. The molecule has 0 atom stereocenters. The van der Waals surface area contributed by atoms with Crippen LogP contribution in [-0.4, -0.2) is 39.1 Å². The Labute approximate surface area is 118 Å². The Balaban J connectivity index is 2.58. The second kappa shape index (κ2) is 7.23. The Morgan fingerprint density at radius 3 is 2.44 bits per heavy atom. The quantitative estimate of drug-likeness (QED) is 0.774. The van der Waals surface area contributed by atoms with E-state index in [0.717, 1.165) is 10.0 Å². The van der Waals surface area contributed by atoms with Crippen LogP contribution >= 0.6 is 15.9 Å². The van der Waals surface area contributed by atoms with E-state index in [1.165, 1.54) is 4.31 Å². The van der Waals surface area contributed by atoms with Crippen molar-refractivity contribution < 1.29 is 8.42 Å². The van der Waals surface area contributed by atoms with Gasteiger partial charge in [0.1, 0.15) is 0 Å². The van der Waals surface area contributed by atoms with Crippen molar-refractivity contribution in [2.24, 2.45) is 0 Å². The van der Waals surface area contributed by atoms with Crippen molar-refractivity contribution in [3.63, 3.8) is 0 Å². The number of rotatable bonds is 7. The zero-order valence-electron chi connectivity index (χ0n) is 10.7. The molecule has 0 bridgehead atoms. The molecular formula is C12H19BrN2O2S. The highest BCUT2D eigenvalue weighted by atomic mass is 79.9. The largest absolute Gasteiger partial charge is 0.320 e. The van der Waals surface area contributed by atoms with Crippen LogP contribution in [0.2, 0.25) is 0 Å². The highest BCUT2D eigenvalue weighted by molar-refractivity contribution is 9.10. The average molecular weight is 335 g/mol. The van der Waals surface area contributed by atoms with E-state index in [-0.39, 0.29) is 5.75 Å². The average Bonchev–Trinajstić information content (AvgIpc) is 2.32. The van der Waals surface area contributed by atoms with Crippen LogP contribution in [0.5, 0.6) is 0 Å². The molecule has 0 saturated heterocycles. The van der Waals surface area contributed by atoms with Gasteiger partial charge in [-0.1, -0.05) is 28.1 Å². The number of hydrogen-bond acceptors (Lipinski definition) is 3. The van der Waals surface area contributed by atoms with Crippen molar-refractivity contribution in [1.82, 2.24) is 9.62 Å². The molecule has 0 radical (unpaired) electrons. The molecule has 0 aromatic heterocycles. The zero-order chi connectivity index (χ0) is 13.6. The lowest BCUT2D eigenvalue weighted by molar-refractivity contribution is 0.465. The fourth-order valence-electron chi connectivity index (χ4n) is 1.53. The topological polar surface area (TPSA) is 49.4 Å². The molecule has 0 aliphatic rings. The van der Waals surface area contributed by atoms with Crippen LogP contribution in [0.15, 0.2) is 28.7 Å². The van der Waals surface area contributed by atoms with Crippen molar-refractivity contribution in [2.75, 3.05) is 26.4 Å². The Bertz CT molecular complexity index is 459. The smallest absolute Gasteiger partial charge is 0.214 e. The lowest BCUT2D eigenvalue weighted by atomic mass is 10.2. The van der Waals surface area contributed by atoms with E-state index in [1.807, 2.05) is 31.3 Å². The Morgan fingerprint density at radius 2 is 1.89 bits per heavy atom. The number of nitrogens with zero attached hydrogens (tertiary/aromatic N) is 1. The summed E-state index contributed by atoms with van der Waals surface area (Å²) in [5.74, 6) is 0.181. The van der Waals surface area contributed by atoms with Gasteiger partial charge in [-0.2, -0.15) is 0 Å². The Morgan fingerprint density at radius 1 is 1.28 bits per heavy atom. The van der Waals surface area contributed by atoms with Crippen LogP contribution in [0, 0.1) is 0 Å². The first-order valence-electron chi connectivity index (χ1n) is 5.79. The van der Waals surface area contributed by atoms with Gasteiger partial charge in [0.25, 0.3) is 0 Å².